The topological polar surface area (TPSA) is 77.5 Å². The van der Waals surface area contributed by atoms with Gasteiger partial charge in [-0.15, -0.1) is 0 Å². The third-order valence-electron chi connectivity index (χ3n) is 1.38. The summed E-state index contributed by atoms with van der Waals surface area (Å²) in [5, 5.41) is 0. The van der Waals surface area contributed by atoms with Crippen LogP contribution in [-0.4, -0.2) is 40.3 Å². The molecule has 5 nitrogen and oxygen atoms in total. The first-order valence-corrected chi connectivity index (χ1v) is 8.63. The van der Waals surface area contributed by atoms with Crippen molar-refractivity contribution in [2.24, 2.45) is 0 Å². The Kier molecular flexibility index (Phi) is 4.04. The fourth-order valence-corrected chi connectivity index (χ4v) is 5.30. The summed E-state index contributed by atoms with van der Waals surface area (Å²) < 4.78 is 5.03. The molecule has 0 aromatic heterocycles. The molecule has 0 aliphatic carbocycles. The zero-order valence-electron chi connectivity index (χ0n) is 7.35. The maximum absolute atomic E-state index is 10.5. The van der Waals surface area contributed by atoms with E-state index in [2.05, 4.69) is 0 Å². The summed E-state index contributed by atoms with van der Waals surface area (Å²) in [4.78, 5) is 41.9. The van der Waals surface area contributed by atoms with Crippen LogP contribution in [0.15, 0.2) is 0 Å². The van der Waals surface area contributed by atoms with Crippen LogP contribution in [0.25, 0.3) is 0 Å². The zero-order valence-corrected chi connectivity index (χ0v) is 9.35. The Hall–Kier alpha value is -0.926. The van der Waals surface area contributed by atoms with E-state index >= 15 is 0 Å². The van der Waals surface area contributed by atoms with Gasteiger partial charge in [0, 0.05) is 0 Å². The van der Waals surface area contributed by atoms with Gasteiger partial charge in [0.1, 0.15) is 23.6 Å². The Balaban J connectivity index is 4.74. The fraction of sp³-hybridized carbons (Fsp3) is 0.333. The van der Waals surface area contributed by atoms with E-state index in [0.717, 1.165) is 0 Å². The van der Waals surface area contributed by atoms with E-state index < -0.39 is 16.6 Å². The van der Waals surface area contributed by atoms with Crippen molar-refractivity contribution in [1.82, 2.24) is 0 Å². The number of carbonyl (C=O) groups is 4. The van der Waals surface area contributed by atoms with Crippen molar-refractivity contribution in [3.63, 3.8) is 0 Å². The van der Waals surface area contributed by atoms with E-state index in [0.29, 0.717) is 23.6 Å². The van der Waals surface area contributed by atoms with Crippen molar-refractivity contribution in [3.05, 3.63) is 0 Å². The van der Waals surface area contributed by atoms with Crippen LogP contribution in [-0.2, 0) is 23.3 Å². The van der Waals surface area contributed by atoms with Gasteiger partial charge in [-0.2, -0.15) is 0 Å². The monoisotopic (exact) mass is 218 g/mol. The van der Waals surface area contributed by atoms with Crippen LogP contribution in [0, 0.1) is 0 Å². The summed E-state index contributed by atoms with van der Waals surface area (Å²) in [6, 6.07) is 0. The van der Waals surface area contributed by atoms with Gasteiger partial charge in [-0.05, 0) is 13.1 Å². The summed E-state index contributed by atoms with van der Waals surface area (Å²) >= 11 is 0. The van der Waals surface area contributed by atoms with Crippen LogP contribution in [0.5, 0.6) is 0 Å². The summed E-state index contributed by atoms with van der Waals surface area (Å²) in [7, 11) is -6.27. The minimum absolute atomic E-state index is 0.401. The molecule has 0 atom stereocenters. The molecule has 0 amide bonds. The number of hydrogen-bond donors (Lipinski definition) is 0. The van der Waals surface area contributed by atoms with Gasteiger partial charge in [-0.3, -0.25) is 0 Å². The molecule has 0 aliphatic rings. The van der Waals surface area contributed by atoms with Gasteiger partial charge in [0.25, 0.3) is 0 Å². The Morgan fingerprint density at radius 1 is 0.769 bits per heavy atom. The highest BCUT2D eigenvalue weighted by molar-refractivity contribution is 7.24. The molecule has 0 unspecified atom stereocenters. The maximum Gasteiger partial charge on any atom is 0.314 e. The first-order valence-electron chi connectivity index (χ1n) is 3.51. The Bertz CT molecular complexity index is 199. The molecule has 0 aromatic carbocycles. The van der Waals surface area contributed by atoms with Gasteiger partial charge in [0.15, 0.2) is 0 Å². The molecule has 0 rings (SSSR count). The van der Waals surface area contributed by atoms with E-state index in [-0.39, 0.29) is 0 Å². The third kappa shape index (κ3) is 3.13. The Morgan fingerprint density at radius 3 is 1.15 bits per heavy atom. The molecule has 72 valence electrons. The van der Waals surface area contributed by atoms with Gasteiger partial charge in [-0.1, -0.05) is 0 Å². The second-order valence-electron chi connectivity index (χ2n) is 2.94. The van der Waals surface area contributed by atoms with E-state index in [1.807, 2.05) is 0 Å². The Labute approximate surface area is 77.3 Å². The van der Waals surface area contributed by atoms with Gasteiger partial charge in [0.05, 0.1) is 0 Å². The van der Waals surface area contributed by atoms with Crippen LogP contribution >= 0.6 is 0 Å². The highest BCUT2D eigenvalue weighted by Gasteiger charge is 2.40. The standard InChI is InChI=1S/C6H10O5Si2/c1-12(3-7,4-8)11-13(2,5-9)6-10/h3-6H,1-2H3. The average molecular weight is 218 g/mol. The second kappa shape index (κ2) is 4.35. The summed E-state index contributed by atoms with van der Waals surface area (Å²) in [6.07, 6.45) is 0. The zero-order chi connectivity index (χ0) is 10.5. The lowest BCUT2D eigenvalue weighted by molar-refractivity contribution is 0.516. The van der Waals surface area contributed by atoms with E-state index in [9.17, 15) is 19.2 Å². The third-order valence-corrected chi connectivity index (χ3v) is 6.77. The van der Waals surface area contributed by atoms with E-state index in [1.165, 1.54) is 13.1 Å². The first-order chi connectivity index (χ1) is 5.95. The molecular formula is C6H10O5Si2. The average Bonchev–Trinajstić information content (AvgIpc) is 2.17. The lowest BCUT2D eigenvalue weighted by atomic mass is 11.7. The SMILES string of the molecule is C[Si](C=O)(C=O)O[Si](C)(C=O)C=O. The number of carbonyl (C=O) groups excluding carboxylic acids is 4. The molecule has 0 aliphatic heterocycles. The molecule has 0 bridgehead atoms. The predicted molar refractivity (Wildman–Crippen MR) is 51.3 cm³/mol. The lowest BCUT2D eigenvalue weighted by Crippen LogP contribution is -2.53. The molecule has 0 saturated heterocycles. The minimum Gasteiger partial charge on any atom is -0.436 e. The smallest absolute Gasteiger partial charge is 0.314 e. The van der Waals surface area contributed by atoms with Crippen LogP contribution < -0.4 is 0 Å². The summed E-state index contributed by atoms with van der Waals surface area (Å²) in [5.74, 6) is 1.60. The normalized spacial score (nSPS) is 11.8. The van der Waals surface area contributed by atoms with Crippen LogP contribution in [0.2, 0.25) is 13.1 Å². The van der Waals surface area contributed by atoms with E-state index in [4.69, 9.17) is 4.12 Å². The van der Waals surface area contributed by atoms with Gasteiger partial charge < -0.3 is 23.3 Å². The fourth-order valence-electron chi connectivity index (χ4n) is 0.626. The number of hydrogen-bond acceptors (Lipinski definition) is 5. The quantitative estimate of drug-likeness (QED) is 0.432. The molecule has 0 radical (unpaired) electrons. The predicted octanol–water partition coefficient (Wildman–Crippen LogP) is -0.759. The molecule has 0 heterocycles. The Morgan fingerprint density at radius 2 is 1.00 bits per heavy atom. The summed E-state index contributed by atoms with van der Waals surface area (Å²) in [5.41, 5.74) is 0. The van der Waals surface area contributed by atoms with Crippen molar-refractivity contribution in [2.45, 2.75) is 13.1 Å². The molecule has 0 fully saturated rings. The minimum atomic E-state index is -3.14. The largest absolute Gasteiger partial charge is 0.436 e. The lowest BCUT2D eigenvalue weighted by Gasteiger charge is -2.22. The van der Waals surface area contributed by atoms with Crippen LogP contribution in [0.3, 0.4) is 0 Å². The van der Waals surface area contributed by atoms with E-state index in [1.54, 1.807) is 0 Å². The highest BCUT2D eigenvalue weighted by atomic mass is 28.4. The first kappa shape index (κ1) is 12.1. The van der Waals surface area contributed by atoms with Crippen molar-refractivity contribution >= 4 is 40.3 Å². The number of rotatable bonds is 6. The van der Waals surface area contributed by atoms with Crippen molar-refractivity contribution in [1.29, 1.82) is 0 Å². The second-order valence-corrected chi connectivity index (χ2v) is 9.44. The van der Waals surface area contributed by atoms with Crippen LogP contribution in [0.1, 0.15) is 0 Å². The van der Waals surface area contributed by atoms with Crippen LogP contribution in [0.4, 0.5) is 0 Å². The molecule has 13 heavy (non-hydrogen) atoms. The van der Waals surface area contributed by atoms with Gasteiger partial charge in [-0.25, -0.2) is 0 Å². The van der Waals surface area contributed by atoms with Gasteiger partial charge >= 0.3 is 16.6 Å². The molecule has 0 aromatic rings. The van der Waals surface area contributed by atoms with Gasteiger partial charge in [0.2, 0.25) is 0 Å². The summed E-state index contributed by atoms with van der Waals surface area (Å²) in [6.45, 7) is 2.68. The molecule has 0 spiro atoms. The molecule has 7 heteroatoms. The molecular weight excluding hydrogens is 208 g/mol. The highest BCUT2D eigenvalue weighted by Crippen LogP contribution is 2.06. The van der Waals surface area contributed by atoms with Crippen molar-refractivity contribution in [3.8, 4) is 0 Å². The molecule has 0 N–H and O–H groups in total. The maximum atomic E-state index is 10.5. The molecule has 0 saturated carbocycles. The van der Waals surface area contributed by atoms with Crippen molar-refractivity contribution in [2.75, 3.05) is 0 Å². The van der Waals surface area contributed by atoms with Crippen molar-refractivity contribution < 1.29 is 23.3 Å².